The van der Waals surface area contributed by atoms with Crippen molar-refractivity contribution in [3.8, 4) is 0 Å². The Balaban J connectivity index is 1.47. The topological polar surface area (TPSA) is 43.9 Å². The molecule has 0 N–H and O–H groups in total. The monoisotopic (exact) mass is 563 g/mol. The highest BCUT2D eigenvalue weighted by Crippen LogP contribution is 2.35. The highest BCUT2D eigenvalue weighted by atomic mass is 35.5. The average molecular weight is 565 g/mol. The summed E-state index contributed by atoms with van der Waals surface area (Å²) in [5.74, 6) is 0.339. The van der Waals surface area contributed by atoms with Crippen LogP contribution in [-0.2, 0) is 21.5 Å². The minimum atomic E-state index is -0.772. The summed E-state index contributed by atoms with van der Waals surface area (Å²) < 4.78 is 0. The van der Waals surface area contributed by atoms with Gasteiger partial charge in [0.15, 0.2) is 0 Å². The van der Waals surface area contributed by atoms with Gasteiger partial charge < -0.3 is 14.7 Å². The quantitative estimate of drug-likeness (QED) is 0.375. The fourth-order valence-corrected chi connectivity index (χ4v) is 6.09. The third-order valence-electron chi connectivity index (χ3n) is 8.05. The normalized spacial score (nSPS) is 18.8. The van der Waals surface area contributed by atoms with E-state index in [1.807, 2.05) is 51.2 Å². The Labute approximate surface area is 235 Å². The molecule has 1 atom stereocenters. The second-order valence-electron chi connectivity index (χ2n) is 10.7. The third-order valence-corrected chi connectivity index (χ3v) is 9.22. The molecule has 0 saturated carbocycles. The Bertz CT molecular complexity index is 1150. The van der Waals surface area contributed by atoms with Crippen LogP contribution < -0.4 is 0 Å². The van der Waals surface area contributed by atoms with Gasteiger partial charge in [0.25, 0.3) is 0 Å². The van der Waals surface area contributed by atoms with Crippen LogP contribution in [0.4, 0.5) is 0 Å². The highest BCUT2D eigenvalue weighted by molar-refractivity contribution is 6.42. The van der Waals surface area contributed by atoms with Crippen LogP contribution >= 0.6 is 34.8 Å². The summed E-state index contributed by atoms with van der Waals surface area (Å²) in [5.41, 5.74) is 2.12. The molecule has 0 spiro atoms. The number of rotatable bonds is 8. The Kier molecular flexibility index (Phi) is 9.11. The van der Waals surface area contributed by atoms with E-state index in [9.17, 15) is 9.59 Å². The molecule has 2 aromatic rings. The average Bonchev–Trinajstić information content (AvgIpc) is 3.32. The van der Waals surface area contributed by atoms with Gasteiger partial charge in [0.2, 0.25) is 11.8 Å². The zero-order chi connectivity index (χ0) is 26.7. The van der Waals surface area contributed by atoms with Crippen LogP contribution in [0.3, 0.4) is 0 Å². The van der Waals surface area contributed by atoms with Crippen molar-refractivity contribution in [2.75, 3.05) is 33.2 Å². The number of halogens is 3. The maximum Gasteiger partial charge on any atom is 0.233 e. The molecule has 8 heteroatoms. The van der Waals surface area contributed by atoms with Crippen LogP contribution in [0.25, 0.3) is 0 Å². The van der Waals surface area contributed by atoms with Gasteiger partial charge in [-0.25, -0.2) is 0 Å². The second kappa shape index (κ2) is 11.9. The molecule has 2 aliphatic heterocycles. The first-order valence-corrected chi connectivity index (χ1v) is 14.2. The van der Waals surface area contributed by atoms with E-state index in [0.29, 0.717) is 41.4 Å². The first-order chi connectivity index (χ1) is 17.6. The third kappa shape index (κ3) is 6.44. The standard InChI is InChI=1S/C29H36Cl3N3O2/c1-20-17-21(6-8-24(20)30)19-33(3)28(37)29(2,22-7-9-25(31)26(32)18-22)12-16-34-14-10-23(11-15-34)35-13-4-5-27(35)36/h6-9,17-18,23H,4-5,10-16,19H2,1-3H3. The van der Waals surface area contributed by atoms with Crippen molar-refractivity contribution in [1.82, 2.24) is 14.7 Å². The van der Waals surface area contributed by atoms with E-state index >= 15 is 0 Å². The predicted molar refractivity (Wildman–Crippen MR) is 152 cm³/mol. The summed E-state index contributed by atoms with van der Waals surface area (Å²) in [5, 5.41) is 1.64. The Morgan fingerprint density at radius 1 is 1.03 bits per heavy atom. The minimum Gasteiger partial charge on any atom is -0.341 e. The number of likely N-dealkylation sites (N-methyl/N-ethyl adjacent to an activating group) is 1. The molecular formula is C29H36Cl3N3O2. The number of nitrogens with zero attached hydrogens (tertiary/aromatic N) is 3. The van der Waals surface area contributed by atoms with Crippen LogP contribution in [0.1, 0.15) is 55.7 Å². The fraction of sp³-hybridized carbons (Fsp3) is 0.517. The Morgan fingerprint density at radius 2 is 1.73 bits per heavy atom. The van der Waals surface area contributed by atoms with Gasteiger partial charge in [0.1, 0.15) is 0 Å². The van der Waals surface area contributed by atoms with Crippen molar-refractivity contribution in [2.45, 2.75) is 64.0 Å². The van der Waals surface area contributed by atoms with Crippen molar-refractivity contribution in [1.29, 1.82) is 0 Å². The number of hydrogen-bond donors (Lipinski definition) is 0. The molecule has 2 aliphatic rings. The van der Waals surface area contributed by atoms with Crippen molar-refractivity contribution in [2.24, 2.45) is 0 Å². The van der Waals surface area contributed by atoms with E-state index in [0.717, 1.165) is 67.2 Å². The molecule has 200 valence electrons. The summed E-state index contributed by atoms with van der Waals surface area (Å²) in [6, 6.07) is 11.7. The molecule has 2 saturated heterocycles. The number of aryl methyl sites for hydroxylation is 1. The van der Waals surface area contributed by atoms with Crippen LogP contribution in [0.5, 0.6) is 0 Å². The molecule has 5 nitrogen and oxygen atoms in total. The van der Waals surface area contributed by atoms with E-state index in [2.05, 4.69) is 9.80 Å². The summed E-state index contributed by atoms with van der Waals surface area (Å²) in [4.78, 5) is 32.5. The first kappa shape index (κ1) is 28.2. The number of amides is 2. The van der Waals surface area contributed by atoms with Gasteiger partial charge in [0.05, 0.1) is 15.5 Å². The lowest BCUT2D eigenvalue weighted by molar-refractivity contribution is -0.136. The van der Waals surface area contributed by atoms with E-state index in [4.69, 9.17) is 34.8 Å². The number of piperidine rings is 1. The molecule has 2 heterocycles. The maximum atomic E-state index is 14.0. The van der Waals surface area contributed by atoms with E-state index in [1.54, 1.807) is 11.0 Å². The van der Waals surface area contributed by atoms with Crippen molar-refractivity contribution < 1.29 is 9.59 Å². The molecule has 2 amide bonds. The van der Waals surface area contributed by atoms with Crippen molar-refractivity contribution in [3.63, 3.8) is 0 Å². The van der Waals surface area contributed by atoms with Crippen molar-refractivity contribution in [3.05, 3.63) is 68.2 Å². The van der Waals surface area contributed by atoms with E-state index in [1.165, 1.54) is 0 Å². The van der Waals surface area contributed by atoms with Crippen LogP contribution in [0.15, 0.2) is 36.4 Å². The van der Waals surface area contributed by atoms with Gasteiger partial charge >= 0.3 is 0 Å². The number of carbonyl (C=O) groups excluding carboxylic acids is 2. The lowest BCUT2D eigenvalue weighted by Gasteiger charge is -2.39. The zero-order valence-corrected chi connectivity index (χ0v) is 24.2. The molecule has 2 aromatic carbocycles. The van der Waals surface area contributed by atoms with E-state index in [-0.39, 0.29) is 5.91 Å². The molecule has 2 fully saturated rings. The predicted octanol–water partition coefficient (Wildman–Crippen LogP) is 6.35. The molecule has 37 heavy (non-hydrogen) atoms. The highest BCUT2D eigenvalue weighted by Gasteiger charge is 2.39. The van der Waals surface area contributed by atoms with Crippen LogP contribution in [-0.4, -0.2) is 65.8 Å². The van der Waals surface area contributed by atoms with Gasteiger partial charge in [-0.15, -0.1) is 0 Å². The zero-order valence-electron chi connectivity index (χ0n) is 21.9. The SMILES string of the molecule is Cc1cc(CN(C)C(=O)C(C)(CCN2CCC(N3CCCC3=O)CC2)c2ccc(Cl)c(Cl)c2)ccc1Cl. The second-order valence-corrected chi connectivity index (χ2v) is 11.9. The summed E-state index contributed by atoms with van der Waals surface area (Å²) in [6.45, 7) is 8.01. The minimum absolute atomic E-state index is 0.0380. The van der Waals surface area contributed by atoms with Gasteiger partial charge in [-0.3, -0.25) is 9.59 Å². The summed E-state index contributed by atoms with van der Waals surface area (Å²) in [7, 11) is 1.85. The molecule has 0 radical (unpaired) electrons. The number of carbonyl (C=O) groups is 2. The maximum absolute atomic E-state index is 14.0. The molecule has 4 rings (SSSR count). The van der Waals surface area contributed by atoms with Crippen molar-refractivity contribution >= 4 is 46.6 Å². The molecular weight excluding hydrogens is 529 g/mol. The van der Waals surface area contributed by atoms with E-state index < -0.39 is 5.41 Å². The molecule has 1 unspecified atom stereocenters. The van der Waals surface area contributed by atoms with Gasteiger partial charge in [-0.1, -0.05) is 53.0 Å². The lowest BCUT2D eigenvalue weighted by Crippen LogP contribution is -2.48. The van der Waals surface area contributed by atoms with Gasteiger partial charge in [0, 0.05) is 50.7 Å². The summed E-state index contributed by atoms with van der Waals surface area (Å²) >= 11 is 18.8. The number of hydrogen-bond acceptors (Lipinski definition) is 3. The Hall–Kier alpha value is -1.79. The van der Waals surface area contributed by atoms with Gasteiger partial charge in [-0.2, -0.15) is 0 Å². The largest absolute Gasteiger partial charge is 0.341 e. The number of benzene rings is 2. The molecule has 0 aromatic heterocycles. The van der Waals surface area contributed by atoms with Gasteiger partial charge in [-0.05, 0) is 81.0 Å². The lowest BCUT2D eigenvalue weighted by atomic mass is 9.77. The smallest absolute Gasteiger partial charge is 0.233 e. The number of likely N-dealkylation sites (tertiary alicyclic amines) is 2. The summed E-state index contributed by atoms with van der Waals surface area (Å²) in [6.07, 6.45) is 4.29. The van der Waals surface area contributed by atoms with Crippen LogP contribution in [0, 0.1) is 6.92 Å². The fourth-order valence-electron chi connectivity index (χ4n) is 5.68. The first-order valence-electron chi connectivity index (χ1n) is 13.1. The molecule has 0 bridgehead atoms. The Morgan fingerprint density at radius 3 is 2.35 bits per heavy atom. The van der Waals surface area contributed by atoms with Crippen LogP contribution in [0.2, 0.25) is 15.1 Å². The molecule has 0 aliphatic carbocycles.